The van der Waals surface area contributed by atoms with Crippen molar-refractivity contribution < 1.29 is 9.90 Å². The van der Waals surface area contributed by atoms with Crippen LogP contribution in [-0.2, 0) is 4.79 Å². The SMILES string of the molecule is O=C(O)C1(Nc2nncs2)CCCCCC1. The summed E-state index contributed by atoms with van der Waals surface area (Å²) in [5, 5.41) is 20.6. The molecule has 1 aromatic rings. The Labute approximate surface area is 97.9 Å². The average molecular weight is 241 g/mol. The van der Waals surface area contributed by atoms with Gasteiger partial charge in [0.1, 0.15) is 11.0 Å². The Morgan fingerprint density at radius 1 is 1.38 bits per heavy atom. The van der Waals surface area contributed by atoms with Crippen LogP contribution in [0.15, 0.2) is 5.51 Å². The lowest BCUT2D eigenvalue weighted by Gasteiger charge is -2.28. The minimum Gasteiger partial charge on any atom is -0.480 e. The quantitative estimate of drug-likeness (QED) is 0.793. The summed E-state index contributed by atoms with van der Waals surface area (Å²) in [6, 6.07) is 0. The highest BCUT2D eigenvalue weighted by Gasteiger charge is 2.39. The number of hydrogen-bond donors (Lipinski definition) is 2. The molecule has 1 aliphatic rings. The number of rotatable bonds is 3. The zero-order chi connectivity index (χ0) is 11.4. The number of anilines is 1. The first-order valence-corrected chi connectivity index (χ1v) is 6.39. The fourth-order valence-corrected chi connectivity index (χ4v) is 2.70. The van der Waals surface area contributed by atoms with Crippen LogP contribution in [0.25, 0.3) is 0 Å². The number of nitrogens with one attached hydrogen (secondary N) is 1. The molecule has 0 radical (unpaired) electrons. The molecule has 88 valence electrons. The number of carbonyl (C=O) groups is 1. The highest BCUT2D eigenvalue weighted by molar-refractivity contribution is 7.13. The van der Waals surface area contributed by atoms with Gasteiger partial charge in [-0.1, -0.05) is 37.0 Å². The Kier molecular flexibility index (Phi) is 3.38. The van der Waals surface area contributed by atoms with Crippen molar-refractivity contribution in [3.05, 3.63) is 5.51 Å². The monoisotopic (exact) mass is 241 g/mol. The molecule has 0 atom stereocenters. The Morgan fingerprint density at radius 3 is 2.56 bits per heavy atom. The number of nitrogens with zero attached hydrogens (tertiary/aromatic N) is 2. The normalized spacial score (nSPS) is 20.0. The molecule has 2 N–H and O–H groups in total. The van der Waals surface area contributed by atoms with Gasteiger partial charge >= 0.3 is 5.97 Å². The molecule has 1 saturated carbocycles. The van der Waals surface area contributed by atoms with Crippen molar-refractivity contribution in [3.8, 4) is 0 Å². The first-order valence-electron chi connectivity index (χ1n) is 5.51. The third-order valence-electron chi connectivity index (χ3n) is 3.07. The summed E-state index contributed by atoms with van der Waals surface area (Å²) in [6.07, 6.45) is 5.49. The Morgan fingerprint density at radius 2 is 2.06 bits per heavy atom. The third-order valence-corrected chi connectivity index (χ3v) is 3.68. The largest absolute Gasteiger partial charge is 0.480 e. The summed E-state index contributed by atoms with van der Waals surface area (Å²) in [5.41, 5.74) is 0.768. The molecule has 1 heterocycles. The average Bonchev–Trinajstić information content (AvgIpc) is 2.62. The molecule has 1 aliphatic carbocycles. The van der Waals surface area contributed by atoms with Crippen LogP contribution < -0.4 is 5.32 Å². The lowest BCUT2D eigenvalue weighted by molar-refractivity contribution is -0.142. The minimum atomic E-state index is -0.837. The van der Waals surface area contributed by atoms with Crippen molar-refractivity contribution in [3.63, 3.8) is 0 Å². The molecule has 0 unspecified atom stereocenters. The minimum absolute atomic E-state index is 0.601. The molecule has 0 amide bonds. The van der Waals surface area contributed by atoms with Crippen molar-refractivity contribution in [2.75, 3.05) is 5.32 Å². The van der Waals surface area contributed by atoms with Crippen LogP contribution in [0.5, 0.6) is 0 Å². The van der Waals surface area contributed by atoms with Crippen molar-refractivity contribution >= 4 is 22.4 Å². The third kappa shape index (κ3) is 2.32. The highest BCUT2D eigenvalue weighted by atomic mass is 32.1. The predicted molar refractivity (Wildman–Crippen MR) is 61.6 cm³/mol. The second-order valence-corrected chi connectivity index (χ2v) is 5.00. The molecule has 6 heteroatoms. The molecule has 0 spiro atoms. The molecule has 0 saturated heterocycles. The van der Waals surface area contributed by atoms with E-state index in [0.29, 0.717) is 18.0 Å². The molecule has 16 heavy (non-hydrogen) atoms. The van der Waals surface area contributed by atoms with E-state index in [-0.39, 0.29) is 0 Å². The standard InChI is InChI=1S/C10H15N3O2S/c14-8(15)10(5-3-1-2-4-6-10)12-9-13-11-7-16-9/h7H,1-6H2,(H,12,13)(H,14,15). The highest BCUT2D eigenvalue weighted by Crippen LogP contribution is 2.31. The predicted octanol–water partition coefficient (Wildman–Crippen LogP) is 2.13. The van der Waals surface area contributed by atoms with E-state index >= 15 is 0 Å². The number of hydrogen-bond acceptors (Lipinski definition) is 5. The molecule has 0 aliphatic heterocycles. The molecule has 2 rings (SSSR count). The first-order chi connectivity index (χ1) is 7.73. The van der Waals surface area contributed by atoms with Crippen molar-refractivity contribution in [2.24, 2.45) is 0 Å². The molecular formula is C10H15N3O2S. The summed E-state index contributed by atoms with van der Waals surface area (Å²) in [5.74, 6) is -0.774. The maximum Gasteiger partial charge on any atom is 0.329 e. The number of aromatic nitrogens is 2. The van der Waals surface area contributed by atoms with E-state index in [0.717, 1.165) is 25.7 Å². The Hall–Kier alpha value is -1.17. The second kappa shape index (κ2) is 4.78. The summed E-state index contributed by atoms with van der Waals surface area (Å²) >= 11 is 1.34. The fourth-order valence-electron chi connectivity index (χ4n) is 2.16. The van der Waals surface area contributed by atoms with Crippen LogP contribution in [0.3, 0.4) is 0 Å². The van der Waals surface area contributed by atoms with Crippen LogP contribution in [0.2, 0.25) is 0 Å². The summed E-state index contributed by atoms with van der Waals surface area (Å²) in [4.78, 5) is 11.4. The molecule has 1 aromatic heterocycles. The van der Waals surface area contributed by atoms with E-state index in [1.807, 2.05) is 0 Å². The molecule has 0 bridgehead atoms. The van der Waals surface area contributed by atoms with Crippen LogP contribution >= 0.6 is 11.3 Å². The zero-order valence-corrected chi connectivity index (χ0v) is 9.79. The smallest absolute Gasteiger partial charge is 0.329 e. The molecule has 0 aromatic carbocycles. The van der Waals surface area contributed by atoms with Crippen LogP contribution in [0.4, 0.5) is 5.13 Å². The van der Waals surface area contributed by atoms with Crippen molar-refractivity contribution in [1.29, 1.82) is 0 Å². The van der Waals surface area contributed by atoms with Gasteiger partial charge in [-0.3, -0.25) is 0 Å². The first kappa shape index (κ1) is 11.3. The molecule has 5 nitrogen and oxygen atoms in total. The van der Waals surface area contributed by atoms with E-state index in [2.05, 4.69) is 15.5 Å². The van der Waals surface area contributed by atoms with Gasteiger partial charge in [-0.2, -0.15) is 0 Å². The fraction of sp³-hybridized carbons (Fsp3) is 0.700. The van der Waals surface area contributed by atoms with Gasteiger partial charge in [-0.25, -0.2) is 4.79 Å². The number of aliphatic carboxylic acids is 1. The Bertz CT molecular complexity index is 345. The van der Waals surface area contributed by atoms with Gasteiger partial charge in [0.15, 0.2) is 0 Å². The number of carboxylic acid groups (broad SMARTS) is 1. The molecular weight excluding hydrogens is 226 g/mol. The van der Waals surface area contributed by atoms with Gasteiger partial charge in [-0.15, -0.1) is 10.2 Å². The van der Waals surface area contributed by atoms with Gasteiger partial charge in [0, 0.05) is 0 Å². The van der Waals surface area contributed by atoms with Crippen LogP contribution in [-0.4, -0.2) is 26.8 Å². The summed E-state index contributed by atoms with van der Waals surface area (Å²) in [7, 11) is 0. The van der Waals surface area contributed by atoms with E-state index in [1.165, 1.54) is 11.3 Å². The van der Waals surface area contributed by atoms with Crippen LogP contribution in [0.1, 0.15) is 38.5 Å². The lowest BCUT2D eigenvalue weighted by atomic mass is 9.90. The van der Waals surface area contributed by atoms with Gasteiger partial charge in [0.05, 0.1) is 0 Å². The van der Waals surface area contributed by atoms with Gasteiger partial charge in [-0.05, 0) is 12.8 Å². The summed E-state index contributed by atoms with van der Waals surface area (Å²) in [6.45, 7) is 0. The lowest BCUT2D eigenvalue weighted by Crippen LogP contribution is -2.46. The maximum atomic E-state index is 11.4. The zero-order valence-electron chi connectivity index (χ0n) is 8.98. The van der Waals surface area contributed by atoms with Gasteiger partial charge in [0.25, 0.3) is 0 Å². The summed E-state index contributed by atoms with van der Waals surface area (Å²) < 4.78 is 0. The Balaban J connectivity index is 2.17. The van der Waals surface area contributed by atoms with Crippen molar-refractivity contribution in [2.45, 2.75) is 44.1 Å². The van der Waals surface area contributed by atoms with Crippen molar-refractivity contribution in [1.82, 2.24) is 10.2 Å². The van der Waals surface area contributed by atoms with E-state index in [4.69, 9.17) is 0 Å². The maximum absolute atomic E-state index is 11.4. The van der Waals surface area contributed by atoms with E-state index < -0.39 is 11.5 Å². The van der Waals surface area contributed by atoms with Gasteiger partial charge < -0.3 is 10.4 Å². The second-order valence-electron chi connectivity index (χ2n) is 4.17. The number of carboxylic acids is 1. The van der Waals surface area contributed by atoms with Crippen LogP contribution in [0, 0.1) is 0 Å². The van der Waals surface area contributed by atoms with Gasteiger partial charge in [0.2, 0.25) is 5.13 Å². The van der Waals surface area contributed by atoms with E-state index in [1.54, 1.807) is 5.51 Å². The molecule has 1 fully saturated rings. The topological polar surface area (TPSA) is 75.1 Å². The van der Waals surface area contributed by atoms with E-state index in [9.17, 15) is 9.90 Å².